The van der Waals surface area contributed by atoms with Gasteiger partial charge in [0.2, 0.25) is 0 Å². The molecule has 4 nitrogen and oxygen atoms in total. The molecule has 0 bridgehead atoms. The van der Waals surface area contributed by atoms with Gasteiger partial charge in [-0.2, -0.15) is 0 Å². The average Bonchev–Trinajstić information content (AvgIpc) is 2.46. The van der Waals surface area contributed by atoms with Crippen LogP contribution < -0.4 is 4.74 Å². The molecule has 0 aliphatic heterocycles. The van der Waals surface area contributed by atoms with E-state index in [0.29, 0.717) is 5.56 Å². The molecule has 0 unspecified atom stereocenters. The zero-order chi connectivity index (χ0) is 16.3. The highest BCUT2D eigenvalue weighted by Gasteiger charge is 2.26. The molecule has 0 fully saturated rings. The van der Waals surface area contributed by atoms with Crippen LogP contribution in [0.15, 0.2) is 48.5 Å². The number of para-hydroxylation sites is 2. The van der Waals surface area contributed by atoms with Crippen LogP contribution in [0.5, 0.6) is 11.5 Å². The second kappa shape index (κ2) is 6.02. The van der Waals surface area contributed by atoms with Crippen molar-refractivity contribution in [1.82, 2.24) is 0 Å². The Morgan fingerprint density at radius 3 is 2.05 bits per heavy atom. The predicted octanol–water partition coefficient (Wildman–Crippen LogP) is 3.84. The molecule has 0 heterocycles. The highest BCUT2D eigenvalue weighted by Crippen LogP contribution is 2.28. The van der Waals surface area contributed by atoms with Gasteiger partial charge >= 0.3 is 5.97 Å². The summed E-state index contributed by atoms with van der Waals surface area (Å²) in [5.41, 5.74) is -0.184. The standard InChI is InChI=1S/C18H18O4/c1-18(2,3)16(20)13-9-5-7-11-15(13)22-17(21)12-8-4-6-10-14(12)19/h4-11,19H,1-3H3. The number of carbonyl (C=O) groups is 2. The van der Waals surface area contributed by atoms with Crippen LogP contribution in [0.25, 0.3) is 0 Å². The maximum Gasteiger partial charge on any atom is 0.347 e. The lowest BCUT2D eigenvalue weighted by atomic mass is 9.86. The minimum atomic E-state index is -0.702. The van der Waals surface area contributed by atoms with Crippen molar-refractivity contribution in [3.05, 3.63) is 59.7 Å². The number of Topliss-reactive ketones (excluding diaryl/α,β-unsaturated/α-hetero) is 1. The van der Waals surface area contributed by atoms with Crippen molar-refractivity contribution >= 4 is 11.8 Å². The first-order valence-electron chi connectivity index (χ1n) is 6.94. The largest absolute Gasteiger partial charge is 0.507 e. The Bertz CT molecular complexity index is 711. The van der Waals surface area contributed by atoms with Gasteiger partial charge in [-0.3, -0.25) is 4.79 Å². The summed E-state index contributed by atoms with van der Waals surface area (Å²) >= 11 is 0. The van der Waals surface area contributed by atoms with Gasteiger partial charge in [0, 0.05) is 5.41 Å². The second-order valence-corrected chi connectivity index (χ2v) is 5.98. The monoisotopic (exact) mass is 298 g/mol. The van der Waals surface area contributed by atoms with Crippen LogP contribution in [0.2, 0.25) is 0 Å². The second-order valence-electron chi connectivity index (χ2n) is 5.98. The summed E-state index contributed by atoms with van der Waals surface area (Å²) in [5, 5.41) is 9.70. The number of hydrogen-bond acceptors (Lipinski definition) is 4. The molecule has 0 aromatic heterocycles. The minimum absolute atomic E-state index is 0.0560. The SMILES string of the molecule is CC(C)(C)C(=O)c1ccccc1OC(=O)c1ccccc1O. The lowest BCUT2D eigenvalue weighted by molar-refractivity contribution is 0.0726. The molecule has 4 heteroatoms. The Morgan fingerprint density at radius 1 is 0.909 bits per heavy atom. The summed E-state index contributed by atoms with van der Waals surface area (Å²) in [5.74, 6) is -0.789. The topological polar surface area (TPSA) is 63.6 Å². The summed E-state index contributed by atoms with van der Waals surface area (Å²) in [4.78, 5) is 24.6. The highest BCUT2D eigenvalue weighted by molar-refractivity contribution is 6.03. The summed E-state index contributed by atoms with van der Waals surface area (Å²) in [6.07, 6.45) is 0. The zero-order valence-corrected chi connectivity index (χ0v) is 12.8. The first-order chi connectivity index (χ1) is 10.3. The number of benzene rings is 2. The number of esters is 1. The summed E-state index contributed by atoms with van der Waals surface area (Å²) < 4.78 is 5.31. The Morgan fingerprint density at radius 2 is 1.45 bits per heavy atom. The van der Waals surface area contributed by atoms with Crippen LogP contribution in [0.3, 0.4) is 0 Å². The van der Waals surface area contributed by atoms with Crippen molar-refractivity contribution in [2.24, 2.45) is 5.41 Å². The van der Waals surface area contributed by atoms with E-state index in [1.54, 1.807) is 57.2 Å². The van der Waals surface area contributed by atoms with E-state index in [0.717, 1.165) is 0 Å². The third-order valence-corrected chi connectivity index (χ3v) is 3.14. The van der Waals surface area contributed by atoms with Crippen LogP contribution in [-0.2, 0) is 0 Å². The zero-order valence-electron chi connectivity index (χ0n) is 12.8. The molecule has 0 atom stereocenters. The highest BCUT2D eigenvalue weighted by atomic mass is 16.5. The molecule has 2 rings (SSSR count). The molecule has 2 aromatic carbocycles. The summed E-state index contributed by atoms with van der Waals surface area (Å²) in [7, 11) is 0. The molecular formula is C18H18O4. The number of ketones is 1. The van der Waals surface area contributed by atoms with Gasteiger partial charge in [0.1, 0.15) is 17.1 Å². The maximum atomic E-state index is 12.4. The molecule has 2 aromatic rings. The summed E-state index contributed by atoms with van der Waals surface area (Å²) in [6.45, 7) is 5.41. The quantitative estimate of drug-likeness (QED) is 0.531. The van der Waals surface area contributed by atoms with Crippen molar-refractivity contribution < 1.29 is 19.4 Å². The number of phenols is 1. The smallest absolute Gasteiger partial charge is 0.347 e. The van der Waals surface area contributed by atoms with Crippen LogP contribution >= 0.6 is 0 Å². The fourth-order valence-electron chi connectivity index (χ4n) is 1.95. The van der Waals surface area contributed by atoms with E-state index in [-0.39, 0.29) is 22.8 Å². The van der Waals surface area contributed by atoms with Crippen molar-refractivity contribution in [2.75, 3.05) is 0 Å². The molecule has 1 N–H and O–H groups in total. The average molecular weight is 298 g/mol. The molecule has 0 aliphatic carbocycles. The first kappa shape index (κ1) is 15.8. The van der Waals surface area contributed by atoms with E-state index in [9.17, 15) is 14.7 Å². The number of hydrogen-bond donors (Lipinski definition) is 1. The van der Waals surface area contributed by atoms with Crippen molar-refractivity contribution in [3.8, 4) is 11.5 Å². The Kier molecular flexibility index (Phi) is 4.31. The van der Waals surface area contributed by atoms with E-state index in [1.165, 1.54) is 12.1 Å². The Hall–Kier alpha value is -2.62. The van der Waals surface area contributed by atoms with E-state index in [1.807, 2.05) is 0 Å². The third kappa shape index (κ3) is 3.34. The number of ether oxygens (including phenoxy) is 1. The lowest BCUT2D eigenvalue weighted by Crippen LogP contribution is -2.21. The fraction of sp³-hybridized carbons (Fsp3) is 0.222. The number of phenolic OH excluding ortho intramolecular Hbond substituents is 1. The van der Waals surface area contributed by atoms with Gasteiger partial charge in [-0.1, -0.05) is 45.0 Å². The summed E-state index contributed by atoms with van der Waals surface area (Å²) in [6, 6.07) is 12.7. The van der Waals surface area contributed by atoms with Crippen molar-refractivity contribution in [1.29, 1.82) is 0 Å². The van der Waals surface area contributed by atoms with Gasteiger partial charge < -0.3 is 9.84 Å². The van der Waals surface area contributed by atoms with Gasteiger partial charge in [-0.15, -0.1) is 0 Å². The molecule has 0 radical (unpaired) electrons. The minimum Gasteiger partial charge on any atom is -0.507 e. The van der Waals surface area contributed by atoms with Gasteiger partial charge in [-0.05, 0) is 24.3 Å². The molecule has 0 saturated heterocycles. The van der Waals surface area contributed by atoms with Crippen LogP contribution in [0.1, 0.15) is 41.5 Å². The number of carbonyl (C=O) groups excluding carboxylic acids is 2. The first-order valence-corrected chi connectivity index (χ1v) is 6.94. The van der Waals surface area contributed by atoms with Crippen LogP contribution in [0.4, 0.5) is 0 Å². The van der Waals surface area contributed by atoms with E-state index < -0.39 is 11.4 Å². The van der Waals surface area contributed by atoms with Crippen LogP contribution in [0, 0.1) is 5.41 Å². The maximum absolute atomic E-state index is 12.4. The van der Waals surface area contributed by atoms with E-state index in [4.69, 9.17) is 4.74 Å². The van der Waals surface area contributed by atoms with Crippen molar-refractivity contribution in [3.63, 3.8) is 0 Å². The van der Waals surface area contributed by atoms with Gasteiger partial charge in [-0.25, -0.2) is 4.79 Å². The lowest BCUT2D eigenvalue weighted by Gasteiger charge is -2.18. The van der Waals surface area contributed by atoms with Gasteiger partial charge in [0.05, 0.1) is 5.56 Å². The Balaban J connectivity index is 2.33. The molecule has 0 aliphatic rings. The van der Waals surface area contributed by atoms with Crippen LogP contribution in [-0.4, -0.2) is 16.9 Å². The Labute approximate surface area is 129 Å². The molecular weight excluding hydrogens is 280 g/mol. The van der Waals surface area contributed by atoms with Gasteiger partial charge in [0.25, 0.3) is 0 Å². The molecule has 0 amide bonds. The van der Waals surface area contributed by atoms with Gasteiger partial charge in [0.15, 0.2) is 5.78 Å². The number of rotatable bonds is 3. The molecule has 0 saturated carbocycles. The molecule has 114 valence electrons. The molecule has 22 heavy (non-hydrogen) atoms. The predicted molar refractivity (Wildman–Crippen MR) is 83.3 cm³/mol. The fourth-order valence-corrected chi connectivity index (χ4v) is 1.95. The molecule has 0 spiro atoms. The number of aromatic hydroxyl groups is 1. The normalized spacial score (nSPS) is 11.0. The van der Waals surface area contributed by atoms with E-state index >= 15 is 0 Å². The van der Waals surface area contributed by atoms with E-state index in [2.05, 4.69) is 0 Å². The third-order valence-electron chi connectivity index (χ3n) is 3.14. The van der Waals surface area contributed by atoms with Crippen molar-refractivity contribution in [2.45, 2.75) is 20.8 Å².